The van der Waals surface area contributed by atoms with Crippen molar-refractivity contribution in [3.63, 3.8) is 0 Å². The largest absolute Gasteiger partial charge is 0.381 e. The van der Waals surface area contributed by atoms with Crippen LogP contribution in [0.1, 0.15) is 39.0 Å². The molecule has 1 aliphatic heterocycles. The van der Waals surface area contributed by atoms with Gasteiger partial charge in [-0.2, -0.15) is 0 Å². The van der Waals surface area contributed by atoms with Crippen LogP contribution in [0.2, 0.25) is 0 Å². The van der Waals surface area contributed by atoms with E-state index in [1.54, 1.807) is 0 Å². The van der Waals surface area contributed by atoms with Crippen LogP contribution in [0, 0.1) is 16.0 Å². The van der Waals surface area contributed by atoms with Crippen molar-refractivity contribution >= 4 is 11.6 Å². The fourth-order valence-electron chi connectivity index (χ4n) is 2.94. The Bertz CT molecular complexity index is 409. The monoisotopic (exact) mass is 255 g/mol. The van der Waals surface area contributed by atoms with Gasteiger partial charge in [-0.05, 0) is 18.8 Å². The Labute approximate surface area is 104 Å². The van der Waals surface area contributed by atoms with Gasteiger partial charge in [-0.3, -0.25) is 14.9 Å². The summed E-state index contributed by atoms with van der Waals surface area (Å²) in [6, 6.07) is -0.805. The number of amides is 1. The van der Waals surface area contributed by atoms with Crippen molar-refractivity contribution < 1.29 is 14.6 Å². The lowest BCUT2D eigenvalue weighted by atomic mass is 9.72. The molecular weight excluding hydrogens is 238 g/mol. The number of nitrogens with zero attached hydrogens (tertiary/aromatic N) is 2. The Morgan fingerprint density at radius 1 is 1.67 bits per heavy atom. The van der Waals surface area contributed by atoms with Crippen molar-refractivity contribution in [2.24, 2.45) is 16.8 Å². The molecule has 0 aromatic rings. The maximum Gasteiger partial charge on any atom is 0.266 e. The van der Waals surface area contributed by atoms with Crippen molar-refractivity contribution in [1.82, 2.24) is 0 Å². The Morgan fingerprint density at radius 3 is 2.89 bits per heavy atom. The summed E-state index contributed by atoms with van der Waals surface area (Å²) in [5.74, 6) is -0.281. The molecule has 1 amide bonds. The fraction of sp³-hybridized carbons (Fsp3) is 0.818. The molecule has 1 spiro atoms. The zero-order chi connectivity index (χ0) is 13.3. The van der Waals surface area contributed by atoms with Gasteiger partial charge in [-0.25, -0.2) is 0 Å². The molecule has 7 nitrogen and oxygen atoms in total. The summed E-state index contributed by atoms with van der Waals surface area (Å²) in [5, 5.41) is 14.8. The number of primary amides is 1. The molecule has 1 saturated carbocycles. The van der Waals surface area contributed by atoms with Crippen LogP contribution >= 0.6 is 0 Å². The van der Waals surface area contributed by atoms with E-state index in [4.69, 9.17) is 10.6 Å². The van der Waals surface area contributed by atoms with Crippen molar-refractivity contribution in [2.75, 3.05) is 0 Å². The van der Waals surface area contributed by atoms with Crippen LogP contribution in [-0.4, -0.2) is 28.2 Å². The molecule has 3 atom stereocenters. The molecule has 18 heavy (non-hydrogen) atoms. The van der Waals surface area contributed by atoms with Crippen molar-refractivity contribution in [1.29, 1.82) is 0 Å². The highest BCUT2D eigenvalue weighted by Gasteiger charge is 2.57. The molecule has 1 heterocycles. The van der Waals surface area contributed by atoms with Gasteiger partial charge in [0.05, 0.1) is 0 Å². The van der Waals surface area contributed by atoms with E-state index in [0.29, 0.717) is 18.8 Å². The third-order valence-corrected chi connectivity index (χ3v) is 4.01. The SMILES string of the molecule is CCC1CCC([N+](=O)[O-])C2(CC(C(N)=O)=NO2)C1. The number of carbonyl (C=O) groups is 1. The minimum atomic E-state index is -0.965. The smallest absolute Gasteiger partial charge is 0.266 e. The molecule has 2 N–H and O–H groups in total. The lowest BCUT2D eigenvalue weighted by Gasteiger charge is -2.36. The van der Waals surface area contributed by atoms with Crippen LogP contribution in [0.5, 0.6) is 0 Å². The molecule has 0 aromatic carbocycles. The van der Waals surface area contributed by atoms with E-state index >= 15 is 0 Å². The molecule has 0 bridgehead atoms. The topological polar surface area (TPSA) is 108 Å². The standard InChI is InChI=1S/C11H17N3O4/c1-2-7-3-4-9(14(16)17)11(5-7)6-8(10(12)15)13-18-11/h7,9H,2-6H2,1H3,(H2,12,15). The highest BCUT2D eigenvalue weighted by molar-refractivity contribution is 6.38. The molecule has 100 valence electrons. The van der Waals surface area contributed by atoms with Crippen molar-refractivity contribution in [3.8, 4) is 0 Å². The van der Waals surface area contributed by atoms with E-state index in [2.05, 4.69) is 12.1 Å². The lowest BCUT2D eigenvalue weighted by molar-refractivity contribution is -0.551. The first kappa shape index (κ1) is 12.8. The molecule has 0 saturated heterocycles. The van der Waals surface area contributed by atoms with Crippen LogP contribution in [0.25, 0.3) is 0 Å². The van der Waals surface area contributed by atoms with E-state index in [0.717, 1.165) is 12.8 Å². The molecule has 1 aliphatic carbocycles. The molecule has 2 rings (SSSR count). The van der Waals surface area contributed by atoms with E-state index in [9.17, 15) is 14.9 Å². The molecule has 1 fully saturated rings. The molecule has 7 heteroatoms. The second-order valence-electron chi connectivity index (χ2n) is 5.09. The Hall–Kier alpha value is -1.66. The lowest BCUT2D eigenvalue weighted by Crippen LogP contribution is -2.52. The summed E-state index contributed by atoms with van der Waals surface area (Å²) in [6.07, 6.45) is 2.95. The third-order valence-electron chi connectivity index (χ3n) is 4.01. The summed E-state index contributed by atoms with van der Waals surface area (Å²) in [4.78, 5) is 27.2. The van der Waals surface area contributed by atoms with E-state index in [1.165, 1.54) is 0 Å². The highest BCUT2D eigenvalue weighted by Crippen LogP contribution is 2.43. The Morgan fingerprint density at radius 2 is 2.39 bits per heavy atom. The van der Waals surface area contributed by atoms with Gasteiger partial charge in [0.15, 0.2) is 0 Å². The van der Waals surface area contributed by atoms with Gasteiger partial charge in [0, 0.05) is 17.8 Å². The highest BCUT2D eigenvalue weighted by atomic mass is 16.7. The van der Waals surface area contributed by atoms with Crippen molar-refractivity contribution in [3.05, 3.63) is 10.1 Å². The normalized spacial score (nSPS) is 35.1. The molecule has 2 aliphatic rings. The van der Waals surface area contributed by atoms with Gasteiger partial charge in [-0.1, -0.05) is 18.5 Å². The maximum atomic E-state index is 11.1. The first-order chi connectivity index (χ1) is 8.48. The number of nitrogens with two attached hydrogens (primary N) is 1. The van der Waals surface area contributed by atoms with E-state index in [1.807, 2.05) is 0 Å². The zero-order valence-corrected chi connectivity index (χ0v) is 10.3. The summed E-state index contributed by atoms with van der Waals surface area (Å²) in [6.45, 7) is 2.05. The van der Waals surface area contributed by atoms with E-state index < -0.39 is 17.6 Å². The minimum absolute atomic E-state index is 0.110. The number of hydrogen-bond acceptors (Lipinski definition) is 5. The first-order valence-corrected chi connectivity index (χ1v) is 6.17. The average Bonchev–Trinajstić information content (AvgIpc) is 2.73. The van der Waals surface area contributed by atoms with Gasteiger partial charge >= 0.3 is 0 Å². The summed E-state index contributed by atoms with van der Waals surface area (Å²) in [5.41, 5.74) is 4.30. The molecule has 3 unspecified atom stereocenters. The summed E-state index contributed by atoms with van der Waals surface area (Å²) < 4.78 is 0. The van der Waals surface area contributed by atoms with Gasteiger partial charge in [0.25, 0.3) is 11.9 Å². The second-order valence-corrected chi connectivity index (χ2v) is 5.09. The van der Waals surface area contributed by atoms with Gasteiger partial charge in [-0.15, -0.1) is 0 Å². The van der Waals surface area contributed by atoms with Gasteiger partial charge in [0.1, 0.15) is 5.71 Å². The third kappa shape index (κ3) is 2.04. The fourth-order valence-corrected chi connectivity index (χ4v) is 2.94. The molecular formula is C11H17N3O4. The zero-order valence-electron chi connectivity index (χ0n) is 10.3. The second kappa shape index (κ2) is 4.55. The van der Waals surface area contributed by atoms with Crippen LogP contribution in [0.4, 0.5) is 0 Å². The van der Waals surface area contributed by atoms with Crippen LogP contribution < -0.4 is 5.73 Å². The number of nitro groups is 1. The Balaban J connectivity index is 2.21. The van der Waals surface area contributed by atoms with E-state index in [-0.39, 0.29) is 17.1 Å². The minimum Gasteiger partial charge on any atom is -0.381 e. The number of hydrogen-bond donors (Lipinski definition) is 1. The Kier molecular flexibility index (Phi) is 3.23. The van der Waals surface area contributed by atoms with Crippen LogP contribution in [-0.2, 0) is 9.63 Å². The van der Waals surface area contributed by atoms with Crippen LogP contribution in [0.3, 0.4) is 0 Å². The predicted molar refractivity (Wildman–Crippen MR) is 63.5 cm³/mol. The van der Waals surface area contributed by atoms with Gasteiger partial charge in [0.2, 0.25) is 5.60 Å². The van der Waals surface area contributed by atoms with Crippen molar-refractivity contribution in [2.45, 2.75) is 50.7 Å². The number of carbonyl (C=O) groups excluding carboxylic acids is 1. The average molecular weight is 255 g/mol. The van der Waals surface area contributed by atoms with Gasteiger partial charge < -0.3 is 10.6 Å². The quantitative estimate of drug-likeness (QED) is 0.595. The summed E-state index contributed by atoms with van der Waals surface area (Å²) in [7, 11) is 0. The number of rotatable bonds is 3. The first-order valence-electron chi connectivity index (χ1n) is 6.17. The summed E-state index contributed by atoms with van der Waals surface area (Å²) >= 11 is 0. The number of oxime groups is 1. The molecule has 0 aromatic heterocycles. The molecule has 0 radical (unpaired) electrons. The maximum absolute atomic E-state index is 11.1. The predicted octanol–water partition coefficient (Wildman–Crippen LogP) is 0.842. The van der Waals surface area contributed by atoms with Crippen LogP contribution in [0.15, 0.2) is 5.16 Å².